The van der Waals surface area contributed by atoms with Gasteiger partial charge in [0.2, 0.25) is 5.91 Å². The van der Waals surface area contributed by atoms with Gasteiger partial charge < -0.3 is 10.6 Å². The summed E-state index contributed by atoms with van der Waals surface area (Å²) in [6.45, 7) is 9.45. The van der Waals surface area contributed by atoms with Crippen LogP contribution in [0.5, 0.6) is 0 Å². The summed E-state index contributed by atoms with van der Waals surface area (Å²) in [4.78, 5) is 14.6. The molecule has 2 aliphatic rings. The van der Waals surface area contributed by atoms with E-state index in [2.05, 4.69) is 29.4 Å². The molecule has 2 fully saturated rings. The summed E-state index contributed by atoms with van der Waals surface area (Å²) >= 11 is 0. The van der Waals surface area contributed by atoms with Gasteiger partial charge in [0.05, 0.1) is 5.54 Å². The van der Waals surface area contributed by atoms with E-state index < -0.39 is 0 Å². The molecule has 0 bridgehead atoms. The Morgan fingerprint density at radius 2 is 2.00 bits per heavy atom. The Kier molecular flexibility index (Phi) is 6.57. The average molecular weight is 290 g/mol. The molecule has 0 aliphatic carbocycles. The van der Waals surface area contributed by atoms with Crippen LogP contribution >= 0.6 is 12.4 Å². The molecule has 0 aromatic carbocycles. The number of amides is 1. The highest BCUT2D eigenvalue weighted by atomic mass is 35.5. The fraction of sp³-hybridized carbons (Fsp3) is 0.929. The number of carbonyl (C=O) groups is 1. The van der Waals surface area contributed by atoms with Crippen molar-refractivity contribution in [2.24, 2.45) is 5.92 Å². The summed E-state index contributed by atoms with van der Waals surface area (Å²) in [5.41, 5.74) is -0.280. The molecule has 2 rings (SSSR count). The first kappa shape index (κ1) is 16.7. The van der Waals surface area contributed by atoms with Gasteiger partial charge in [-0.05, 0) is 45.2 Å². The maximum absolute atomic E-state index is 12.2. The zero-order chi connectivity index (χ0) is 13.0. The number of carbonyl (C=O) groups excluding carboxylic acids is 1. The molecule has 19 heavy (non-hydrogen) atoms. The molecule has 2 heterocycles. The highest BCUT2D eigenvalue weighted by Gasteiger charge is 2.41. The topological polar surface area (TPSA) is 44.4 Å². The molecule has 0 saturated carbocycles. The number of nitrogens with one attached hydrogen (secondary N) is 2. The van der Waals surface area contributed by atoms with Crippen molar-refractivity contribution < 1.29 is 4.79 Å². The smallest absolute Gasteiger partial charge is 0.240 e. The van der Waals surface area contributed by atoms with Crippen LogP contribution in [0.25, 0.3) is 0 Å². The number of piperazine rings is 1. The standard InChI is InChI=1S/C14H27N3O.ClH/c1-3-6-14(2)13(18)16-9-10-17(14)11-12-4-7-15-8-5-12;/h12,15H,3-11H2,1-2H3,(H,16,18);1H. The number of nitrogens with zero attached hydrogens (tertiary/aromatic N) is 1. The largest absolute Gasteiger partial charge is 0.353 e. The van der Waals surface area contributed by atoms with Crippen LogP contribution in [0.15, 0.2) is 0 Å². The van der Waals surface area contributed by atoms with Crippen LogP contribution in [0.3, 0.4) is 0 Å². The summed E-state index contributed by atoms with van der Waals surface area (Å²) < 4.78 is 0. The Morgan fingerprint density at radius 3 is 2.63 bits per heavy atom. The molecule has 0 aromatic heterocycles. The molecule has 0 aromatic rings. The Bertz CT molecular complexity index is 294. The monoisotopic (exact) mass is 289 g/mol. The highest BCUT2D eigenvalue weighted by Crippen LogP contribution is 2.26. The van der Waals surface area contributed by atoms with E-state index in [9.17, 15) is 4.79 Å². The second-order valence-corrected chi connectivity index (χ2v) is 5.92. The molecule has 0 radical (unpaired) electrons. The Labute approximate surface area is 123 Å². The third kappa shape index (κ3) is 3.83. The lowest BCUT2D eigenvalue weighted by Gasteiger charge is -2.45. The maximum atomic E-state index is 12.2. The van der Waals surface area contributed by atoms with Gasteiger partial charge in [-0.25, -0.2) is 0 Å². The van der Waals surface area contributed by atoms with E-state index in [4.69, 9.17) is 0 Å². The quantitative estimate of drug-likeness (QED) is 0.822. The van der Waals surface area contributed by atoms with Gasteiger partial charge in [0.15, 0.2) is 0 Å². The lowest BCUT2D eigenvalue weighted by molar-refractivity contribution is -0.137. The van der Waals surface area contributed by atoms with Gasteiger partial charge in [0.25, 0.3) is 0 Å². The van der Waals surface area contributed by atoms with Gasteiger partial charge in [-0.1, -0.05) is 13.3 Å². The fourth-order valence-corrected chi connectivity index (χ4v) is 3.31. The van der Waals surface area contributed by atoms with Crippen LogP contribution in [0, 0.1) is 5.92 Å². The number of rotatable bonds is 4. The maximum Gasteiger partial charge on any atom is 0.240 e. The molecule has 5 heteroatoms. The van der Waals surface area contributed by atoms with E-state index in [1.54, 1.807) is 0 Å². The first-order valence-corrected chi connectivity index (χ1v) is 7.41. The van der Waals surface area contributed by atoms with E-state index in [1.807, 2.05) is 0 Å². The van der Waals surface area contributed by atoms with Crippen LogP contribution in [0.1, 0.15) is 39.5 Å². The van der Waals surface area contributed by atoms with Crippen molar-refractivity contribution in [2.75, 3.05) is 32.7 Å². The minimum atomic E-state index is -0.280. The van der Waals surface area contributed by atoms with Gasteiger partial charge in [-0.15, -0.1) is 12.4 Å². The first-order chi connectivity index (χ1) is 8.66. The molecule has 112 valence electrons. The molecular formula is C14H28ClN3O. The van der Waals surface area contributed by atoms with E-state index in [1.165, 1.54) is 12.8 Å². The molecule has 1 amide bonds. The first-order valence-electron chi connectivity index (χ1n) is 7.41. The molecule has 2 aliphatic heterocycles. The van der Waals surface area contributed by atoms with Crippen LogP contribution in [-0.4, -0.2) is 49.1 Å². The summed E-state index contributed by atoms with van der Waals surface area (Å²) in [7, 11) is 0. The van der Waals surface area contributed by atoms with Crippen LogP contribution in [-0.2, 0) is 4.79 Å². The lowest BCUT2D eigenvalue weighted by atomic mass is 9.88. The van der Waals surface area contributed by atoms with Crippen LogP contribution in [0.2, 0.25) is 0 Å². The van der Waals surface area contributed by atoms with Crippen molar-refractivity contribution >= 4 is 18.3 Å². The normalized spacial score (nSPS) is 29.7. The van der Waals surface area contributed by atoms with Crippen molar-refractivity contribution in [3.8, 4) is 0 Å². The molecule has 2 saturated heterocycles. The second kappa shape index (κ2) is 7.46. The molecule has 0 spiro atoms. The Morgan fingerprint density at radius 1 is 1.32 bits per heavy atom. The predicted octanol–water partition coefficient (Wildman–Crippen LogP) is 1.40. The zero-order valence-corrected chi connectivity index (χ0v) is 13.0. The third-order valence-corrected chi connectivity index (χ3v) is 4.53. The van der Waals surface area contributed by atoms with E-state index in [-0.39, 0.29) is 23.9 Å². The zero-order valence-electron chi connectivity index (χ0n) is 12.2. The third-order valence-electron chi connectivity index (χ3n) is 4.53. The van der Waals surface area contributed by atoms with Crippen molar-refractivity contribution in [3.63, 3.8) is 0 Å². The Balaban J connectivity index is 0.00000180. The molecule has 1 atom stereocenters. The fourth-order valence-electron chi connectivity index (χ4n) is 3.31. The number of hydrogen-bond acceptors (Lipinski definition) is 3. The van der Waals surface area contributed by atoms with Crippen molar-refractivity contribution in [2.45, 2.75) is 45.1 Å². The van der Waals surface area contributed by atoms with Crippen LogP contribution in [0.4, 0.5) is 0 Å². The lowest BCUT2D eigenvalue weighted by Crippen LogP contribution is -2.64. The molecule has 2 N–H and O–H groups in total. The van der Waals surface area contributed by atoms with Gasteiger partial charge in [-0.2, -0.15) is 0 Å². The van der Waals surface area contributed by atoms with Crippen molar-refractivity contribution in [3.05, 3.63) is 0 Å². The molecule has 1 unspecified atom stereocenters. The highest BCUT2D eigenvalue weighted by molar-refractivity contribution is 5.86. The summed E-state index contributed by atoms with van der Waals surface area (Å²) in [5, 5.41) is 6.44. The van der Waals surface area contributed by atoms with Crippen molar-refractivity contribution in [1.82, 2.24) is 15.5 Å². The number of hydrogen-bond donors (Lipinski definition) is 2. The van der Waals surface area contributed by atoms with Gasteiger partial charge in [-0.3, -0.25) is 9.69 Å². The van der Waals surface area contributed by atoms with Crippen LogP contribution < -0.4 is 10.6 Å². The van der Waals surface area contributed by atoms with E-state index in [0.29, 0.717) is 0 Å². The predicted molar refractivity (Wildman–Crippen MR) is 80.7 cm³/mol. The minimum Gasteiger partial charge on any atom is -0.353 e. The van der Waals surface area contributed by atoms with Gasteiger partial charge in [0, 0.05) is 19.6 Å². The minimum absolute atomic E-state index is 0. The summed E-state index contributed by atoms with van der Waals surface area (Å²) in [6, 6.07) is 0. The van der Waals surface area contributed by atoms with Gasteiger partial charge >= 0.3 is 0 Å². The molecule has 4 nitrogen and oxygen atoms in total. The van der Waals surface area contributed by atoms with Gasteiger partial charge in [0.1, 0.15) is 0 Å². The number of piperidine rings is 1. The van der Waals surface area contributed by atoms with Crippen molar-refractivity contribution in [1.29, 1.82) is 0 Å². The number of halogens is 1. The average Bonchev–Trinajstić information content (AvgIpc) is 2.37. The molecular weight excluding hydrogens is 262 g/mol. The van der Waals surface area contributed by atoms with E-state index >= 15 is 0 Å². The Hall–Kier alpha value is -0.320. The second-order valence-electron chi connectivity index (χ2n) is 5.92. The van der Waals surface area contributed by atoms with E-state index in [0.717, 1.165) is 51.5 Å². The summed E-state index contributed by atoms with van der Waals surface area (Å²) in [6.07, 6.45) is 4.52. The summed E-state index contributed by atoms with van der Waals surface area (Å²) in [5.74, 6) is 0.984. The SMILES string of the molecule is CCCC1(C)C(=O)NCCN1CC1CCNCC1.Cl.